The van der Waals surface area contributed by atoms with Crippen LogP contribution in [0.4, 0.5) is 5.69 Å². The molecule has 0 aliphatic heterocycles. The van der Waals surface area contributed by atoms with Gasteiger partial charge in [-0.25, -0.2) is 0 Å². The first-order valence-electron chi connectivity index (χ1n) is 7.26. The van der Waals surface area contributed by atoms with Crippen molar-refractivity contribution in [3.8, 4) is 0 Å². The molecular weight excluding hydrogens is 314 g/mol. The van der Waals surface area contributed by atoms with Crippen LogP contribution < -0.4 is 10.6 Å². The molecule has 0 saturated heterocycles. The van der Waals surface area contributed by atoms with Crippen LogP contribution in [0.5, 0.6) is 0 Å². The summed E-state index contributed by atoms with van der Waals surface area (Å²) in [6, 6.07) is 6.53. The molecule has 0 aromatic heterocycles. The van der Waals surface area contributed by atoms with Crippen molar-refractivity contribution in [1.82, 2.24) is 4.90 Å². The first kappa shape index (κ1) is 17.5. The van der Waals surface area contributed by atoms with E-state index in [9.17, 15) is 0 Å². The molecule has 4 heteroatoms. The largest absolute Gasteiger partial charge is 0.369 e. The molecule has 0 fully saturated rings. The van der Waals surface area contributed by atoms with E-state index in [0.717, 1.165) is 29.7 Å². The number of likely N-dealkylation sites (N-methyl/N-ethyl adjacent to an activating group) is 1. The first-order chi connectivity index (χ1) is 9.31. The number of nitrogens with zero attached hydrogens (tertiary/aromatic N) is 2. The van der Waals surface area contributed by atoms with Crippen LogP contribution in [0.1, 0.15) is 32.4 Å². The quantitative estimate of drug-likeness (QED) is 0.823. The summed E-state index contributed by atoms with van der Waals surface area (Å²) in [6.45, 7) is 9.67. The monoisotopic (exact) mass is 341 g/mol. The molecule has 1 aromatic rings. The van der Waals surface area contributed by atoms with Gasteiger partial charge in [0, 0.05) is 30.1 Å². The van der Waals surface area contributed by atoms with Crippen LogP contribution in [0.25, 0.3) is 0 Å². The number of nitrogens with two attached hydrogens (primary N) is 1. The number of hydrogen-bond donors (Lipinski definition) is 1. The predicted octanol–water partition coefficient (Wildman–Crippen LogP) is 3.49. The first-order valence-corrected chi connectivity index (χ1v) is 8.05. The van der Waals surface area contributed by atoms with E-state index >= 15 is 0 Å². The maximum atomic E-state index is 5.95. The highest BCUT2D eigenvalue weighted by atomic mass is 79.9. The van der Waals surface area contributed by atoms with E-state index in [4.69, 9.17) is 5.73 Å². The number of rotatable bonds is 7. The normalized spacial score (nSPS) is 13.1. The summed E-state index contributed by atoms with van der Waals surface area (Å²) in [5, 5.41) is 0. The molecule has 1 atom stereocenters. The molecule has 2 N–H and O–H groups in total. The van der Waals surface area contributed by atoms with Crippen LogP contribution in [-0.2, 0) is 0 Å². The standard InChI is InChI=1S/C16H28BrN3/c1-12(2)11-20(9-8-19(4)5)16-7-6-14(13(3)18)10-15(16)17/h6-7,10,12-13H,8-9,11,18H2,1-5H3/t13-/m0/s1. The van der Waals surface area contributed by atoms with Gasteiger partial charge in [-0.3, -0.25) is 0 Å². The van der Waals surface area contributed by atoms with E-state index in [0.29, 0.717) is 5.92 Å². The zero-order valence-electron chi connectivity index (χ0n) is 13.4. The fraction of sp³-hybridized carbons (Fsp3) is 0.625. The molecule has 0 bridgehead atoms. The molecule has 114 valence electrons. The van der Waals surface area contributed by atoms with Gasteiger partial charge in [0.05, 0.1) is 5.69 Å². The Kier molecular flexibility index (Phi) is 7.00. The zero-order valence-corrected chi connectivity index (χ0v) is 14.9. The summed E-state index contributed by atoms with van der Waals surface area (Å²) >= 11 is 3.70. The lowest BCUT2D eigenvalue weighted by molar-refractivity contribution is 0.409. The molecular formula is C16H28BrN3. The Labute approximate surface area is 132 Å². The minimum atomic E-state index is 0.0701. The van der Waals surface area contributed by atoms with E-state index in [1.165, 1.54) is 5.69 Å². The highest BCUT2D eigenvalue weighted by Gasteiger charge is 2.13. The Balaban J connectivity index is 2.94. The lowest BCUT2D eigenvalue weighted by atomic mass is 10.1. The molecule has 3 nitrogen and oxygen atoms in total. The summed E-state index contributed by atoms with van der Waals surface area (Å²) in [7, 11) is 4.23. The van der Waals surface area contributed by atoms with Crippen molar-refractivity contribution in [2.75, 3.05) is 38.6 Å². The summed E-state index contributed by atoms with van der Waals surface area (Å²) < 4.78 is 1.13. The molecule has 0 saturated carbocycles. The molecule has 0 heterocycles. The predicted molar refractivity (Wildman–Crippen MR) is 92.3 cm³/mol. The Morgan fingerprint density at radius 3 is 2.25 bits per heavy atom. The van der Waals surface area contributed by atoms with Crippen molar-refractivity contribution in [3.05, 3.63) is 28.2 Å². The Morgan fingerprint density at radius 1 is 1.15 bits per heavy atom. The van der Waals surface area contributed by atoms with Crippen LogP contribution in [0.15, 0.2) is 22.7 Å². The number of hydrogen-bond acceptors (Lipinski definition) is 3. The second-order valence-electron chi connectivity index (χ2n) is 6.14. The highest BCUT2D eigenvalue weighted by Crippen LogP contribution is 2.29. The fourth-order valence-electron chi connectivity index (χ4n) is 2.13. The van der Waals surface area contributed by atoms with Gasteiger partial charge in [-0.1, -0.05) is 19.9 Å². The van der Waals surface area contributed by atoms with Gasteiger partial charge in [-0.05, 0) is 60.6 Å². The van der Waals surface area contributed by atoms with E-state index in [-0.39, 0.29) is 6.04 Å². The average Bonchev–Trinajstić information content (AvgIpc) is 2.33. The number of halogens is 1. The Bertz CT molecular complexity index is 416. The van der Waals surface area contributed by atoms with Gasteiger partial charge in [0.15, 0.2) is 0 Å². The maximum absolute atomic E-state index is 5.95. The van der Waals surface area contributed by atoms with Crippen LogP contribution in [-0.4, -0.2) is 38.6 Å². The lowest BCUT2D eigenvalue weighted by Gasteiger charge is -2.29. The van der Waals surface area contributed by atoms with Crippen molar-refractivity contribution in [2.45, 2.75) is 26.8 Å². The smallest absolute Gasteiger partial charge is 0.0511 e. The summed E-state index contributed by atoms with van der Waals surface area (Å²) in [5.74, 6) is 0.636. The van der Waals surface area contributed by atoms with Crippen LogP contribution >= 0.6 is 15.9 Å². The average molecular weight is 342 g/mol. The summed E-state index contributed by atoms with van der Waals surface area (Å²) in [6.07, 6.45) is 0. The summed E-state index contributed by atoms with van der Waals surface area (Å²) in [5.41, 5.74) is 8.37. The minimum absolute atomic E-state index is 0.0701. The third-order valence-corrected chi connectivity index (χ3v) is 3.88. The van der Waals surface area contributed by atoms with Crippen molar-refractivity contribution in [2.24, 2.45) is 11.7 Å². The van der Waals surface area contributed by atoms with Gasteiger partial charge in [0.25, 0.3) is 0 Å². The topological polar surface area (TPSA) is 32.5 Å². The molecule has 0 radical (unpaired) electrons. The van der Waals surface area contributed by atoms with Gasteiger partial charge in [-0.15, -0.1) is 0 Å². The van der Waals surface area contributed by atoms with E-state index in [2.05, 4.69) is 71.9 Å². The second-order valence-corrected chi connectivity index (χ2v) is 7.00. The second kappa shape index (κ2) is 8.01. The van der Waals surface area contributed by atoms with Crippen molar-refractivity contribution in [3.63, 3.8) is 0 Å². The molecule has 1 rings (SSSR count). The number of anilines is 1. The van der Waals surface area contributed by atoms with Crippen LogP contribution in [0.2, 0.25) is 0 Å². The van der Waals surface area contributed by atoms with E-state index < -0.39 is 0 Å². The van der Waals surface area contributed by atoms with Crippen molar-refractivity contribution >= 4 is 21.6 Å². The van der Waals surface area contributed by atoms with Gasteiger partial charge >= 0.3 is 0 Å². The molecule has 0 aliphatic rings. The molecule has 0 spiro atoms. The SMILES string of the molecule is CC(C)CN(CCN(C)C)c1ccc([C@H](C)N)cc1Br. The van der Waals surface area contributed by atoms with Gasteiger partial charge in [-0.2, -0.15) is 0 Å². The number of benzene rings is 1. The molecule has 1 aromatic carbocycles. The van der Waals surface area contributed by atoms with Crippen LogP contribution in [0, 0.1) is 5.92 Å². The maximum Gasteiger partial charge on any atom is 0.0511 e. The zero-order chi connectivity index (χ0) is 15.3. The van der Waals surface area contributed by atoms with Gasteiger partial charge in [0.1, 0.15) is 0 Å². The van der Waals surface area contributed by atoms with E-state index in [1.807, 2.05) is 6.92 Å². The fourth-order valence-corrected chi connectivity index (χ4v) is 2.78. The minimum Gasteiger partial charge on any atom is -0.369 e. The van der Waals surface area contributed by atoms with Gasteiger partial charge < -0.3 is 15.5 Å². The molecule has 0 unspecified atom stereocenters. The third-order valence-electron chi connectivity index (χ3n) is 3.24. The Hall–Kier alpha value is -0.580. The van der Waals surface area contributed by atoms with E-state index in [1.54, 1.807) is 0 Å². The third kappa shape index (κ3) is 5.43. The van der Waals surface area contributed by atoms with Gasteiger partial charge in [0.2, 0.25) is 0 Å². The lowest BCUT2D eigenvalue weighted by Crippen LogP contribution is -2.34. The summed E-state index contributed by atoms with van der Waals surface area (Å²) in [4.78, 5) is 4.66. The molecule has 0 amide bonds. The van der Waals surface area contributed by atoms with Crippen LogP contribution in [0.3, 0.4) is 0 Å². The molecule has 20 heavy (non-hydrogen) atoms. The Morgan fingerprint density at radius 2 is 1.80 bits per heavy atom. The highest BCUT2D eigenvalue weighted by molar-refractivity contribution is 9.10. The van der Waals surface area contributed by atoms with Crippen molar-refractivity contribution in [1.29, 1.82) is 0 Å². The molecule has 0 aliphatic carbocycles. The van der Waals surface area contributed by atoms with Crippen molar-refractivity contribution < 1.29 is 0 Å².